The van der Waals surface area contributed by atoms with Crippen molar-refractivity contribution < 1.29 is 153 Å². The molecule has 11 N–H and O–H groups in total. The summed E-state index contributed by atoms with van der Waals surface area (Å²) in [5.41, 5.74) is 6.17. The van der Waals surface area contributed by atoms with Gasteiger partial charge in [-0.1, -0.05) is 38.5 Å². The summed E-state index contributed by atoms with van der Waals surface area (Å²) in [5, 5.41) is 24.9. The van der Waals surface area contributed by atoms with Gasteiger partial charge in [0.15, 0.2) is 31.1 Å². The van der Waals surface area contributed by atoms with Gasteiger partial charge in [-0.25, -0.2) is 14.4 Å². The number of ether oxygens (including phenoxy) is 16. The number of carbonyl (C=O) groups is 16. The van der Waals surface area contributed by atoms with Crippen LogP contribution in [0.3, 0.4) is 0 Å². The van der Waals surface area contributed by atoms with Crippen LogP contribution in [-0.4, -0.2) is 280 Å². The summed E-state index contributed by atoms with van der Waals surface area (Å²) in [5.74, 6) is -6.30. The predicted molar refractivity (Wildman–Crippen MR) is 433 cm³/mol. The molecule has 0 spiro atoms. The molecule has 42 heteroatoms. The van der Waals surface area contributed by atoms with Gasteiger partial charge in [0.1, 0.15) is 56.3 Å². The quantitative estimate of drug-likeness (QED) is 0.0237. The molecular weight excluding hydrogens is 1620 g/mol. The third kappa shape index (κ3) is 51.5. The van der Waals surface area contributed by atoms with E-state index in [2.05, 4.69) is 47.9 Å². The van der Waals surface area contributed by atoms with E-state index in [1.165, 1.54) is 55.4 Å². The number of alkyl carbamates (subject to hydrolysis) is 3. The molecule has 0 aromatic carbocycles. The van der Waals surface area contributed by atoms with Crippen LogP contribution in [0.4, 0.5) is 14.4 Å². The minimum atomic E-state index is -1.28. The average molecular weight is 1760 g/mol. The minimum Gasteiger partial charge on any atom is -0.463 e. The first-order valence-electron chi connectivity index (χ1n) is 42.6. The van der Waals surface area contributed by atoms with E-state index in [1.807, 2.05) is 0 Å². The molecule has 3 rings (SSSR count). The van der Waals surface area contributed by atoms with Gasteiger partial charge in [-0.05, 0) is 96.3 Å². The van der Waals surface area contributed by atoms with Crippen molar-refractivity contribution in [2.45, 2.75) is 321 Å². The number of amides is 9. The molecule has 0 radical (unpaired) electrons. The average Bonchev–Trinajstić information content (AvgIpc) is 0.784. The van der Waals surface area contributed by atoms with Crippen molar-refractivity contribution in [2.24, 2.45) is 5.73 Å². The number of nitrogens with one attached hydrogen (secondary N) is 9. The van der Waals surface area contributed by atoms with Gasteiger partial charge in [0.05, 0.1) is 51.8 Å². The fourth-order valence-electron chi connectivity index (χ4n) is 13.6. The number of rotatable bonds is 61. The first kappa shape index (κ1) is 108. The first-order valence-corrected chi connectivity index (χ1v) is 42.6. The first-order chi connectivity index (χ1) is 58.6. The lowest BCUT2D eigenvalue weighted by molar-refractivity contribution is -0.277. The predicted octanol–water partition coefficient (Wildman–Crippen LogP) is 3.51. The van der Waals surface area contributed by atoms with Gasteiger partial charge in [0.2, 0.25) is 35.4 Å². The molecule has 13 unspecified atom stereocenters. The molecule has 0 aromatic rings. The van der Waals surface area contributed by atoms with Crippen molar-refractivity contribution in [3.05, 3.63) is 0 Å². The van der Waals surface area contributed by atoms with E-state index in [-0.39, 0.29) is 109 Å². The smallest absolute Gasteiger partial charge is 0.407 e. The standard InChI is InChI=1S/C81H136N10O32/c1-52(92)89-70-64(117-58(7)98)47-62(49-114-55(4)95)121-75(70)108-41-23-29-67(102)83-35-17-11-14-20-38-86-78(105)111-44-26-32-81(82,33-27-45-112-79(106)87-39-21-15-12-18-36-84-68(103)30-24-42-109-76-71(90-53(2)93)65(118-59(8)99)48-63(122-76)50-115-56(5)96)34-28-46-113-80(107)88-40-22-16-13-19-37-85-69(104)31-25-43-110-77-72(91-54(3)94)74(120-61(10)101)73(119-60(9)100)66(123-77)51-116-57(6)97/h62-66,70-77H,11-51,82H2,1-10H3,(H,83,102)(H,84,103)(H,85,104)(H,86,105)(H,87,106)(H,88,107)(H,89,92)(H,90,93)(H,91,94). The maximum absolute atomic E-state index is 12.7. The van der Waals surface area contributed by atoms with Gasteiger partial charge in [-0.3, -0.25) is 62.3 Å². The van der Waals surface area contributed by atoms with E-state index in [9.17, 15) is 76.7 Å². The molecule has 0 aromatic heterocycles. The molecule has 3 fully saturated rings. The molecule has 3 aliphatic heterocycles. The second kappa shape index (κ2) is 62.7. The van der Waals surface area contributed by atoms with Gasteiger partial charge in [0, 0.05) is 146 Å². The van der Waals surface area contributed by atoms with Crippen molar-refractivity contribution >= 4 is 95.5 Å². The molecule has 13 atom stereocenters. The van der Waals surface area contributed by atoms with Crippen LogP contribution in [-0.2, 0) is 138 Å². The van der Waals surface area contributed by atoms with Gasteiger partial charge >= 0.3 is 60.1 Å². The molecule has 42 nitrogen and oxygen atoms in total. The number of carbonyl (C=O) groups excluding carboxylic acids is 16. The third-order valence-corrected chi connectivity index (χ3v) is 19.2. The molecule has 3 saturated heterocycles. The zero-order valence-corrected chi connectivity index (χ0v) is 73.1. The number of nitrogens with two attached hydrogens (primary N) is 1. The topological polar surface area (TPSA) is 555 Å². The Bertz CT molecular complexity index is 3140. The summed E-state index contributed by atoms with van der Waals surface area (Å²) in [6.45, 7) is 14.3. The number of esters is 7. The summed E-state index contributed by atoms with van der Waals surface area (Å²) < 4.78 is 89.2. The van der Waals surface area contributed by atoms with Crippen molar-refractivity contribution in [2.75, 3.05) is 98.7 Å². The Labute approximate surface area is 719 Å². The number of hydrogen-bond acceptors (Lipinski definition) is 33. The summed E-state index contributed by atoms with van der Waals surface area (Å²) in [6.07, 6.45) is 0.791. The highest BCUT2D eigenvalue weighted by molar-refractivity contribution is 5.78. The Morgan fingerprint density at radius 2 is 0.602 bits per heavy atom. The Kier molecular flexibility index (Phi) is 55.0. The van der Waals surface area contributed by atoms with E-state index in [0.29, 0.717) is 129 Å². The monoisotopic (exact) mass is 1760 g/mol. The molecule has 0 aliphatic carbocycles. The minimum absolute atomic E-state index is 0.0318. The van der Waals surface area contributed by atoms with Gasteiger partial charge in [-0.15, -0.1) is 0 Å². The van der Waals surface area contributed by atoms with Gasteiger partial charge in [-0.2, -0.15) is 0 Å². The van der Waals surface area contributed by atoms with Crippen molar-refractivity contribution in [3.63, 3.8) is 0 Å². The SMILES string of the molecule is CC(=O)NC1C(OC(C)=O)CC(COC(C)=O)OC1OCCCC(=O)NCCCCCCNC(=O)OCCCC(N)(CCCOC(=O)NCCCCCCNC(=O)CCCOC1OC(COC(C)=O)CC(OC(C)=O)C1NC(C)=O)CCCOC(=O)NCCCCCCNC(=O)CCCOC1OC(COC(C)=O)C(OC(C)=O)C(OC(C)=O)C1NC(C)=O. The van der Waals surface area contributed by atoms with Crippen LogP contribution < -0.4 is 53.6 Å². The van der Waals surface area contributed by atoms with E-state index in [0.717, 1.165) is 52.4 Å². The molecule has 3 heterocycles. The highest BCUT2D eigenvalue weighted by atomic mass is 16.7. The van der Waals surface area contributed by atoms with Crippen LogP contribution in [0, 0.1) is 0 Å². The van der Waals surface area contributed by atoms with E-state index in [1.54, 1.807) is 0 Å². The molecule has 0 saturated carbocycles. The Hall–Kier alpha value is -9.36. The van der Waals surface area contributed by atoms with Crippen molar-refractivity contribution in [3.8, 4) is 0 Å². The number of hydrogen-bond donors (Lipinski definition) is 10. The van der Waals surface area contributed by atoms with Crippen LogP contribution in [0.15, 0.2) is 0 Å². The lowest BCUT2D eigenvalue weighted by atomic mass is 9.85. The third-order valence-electron chi connectivity index (χ3n) is 19.2. The summed E-state index contributed by atoms with van der Waals surface area (Å²) in [6, 6.07) is -2.82. The summed E-state index contributed by atoms with van der Waals surface area (Å²) in [4.78, 5) is 195. The van der Waals surface area contributed by atoms with Crippen LogP contribution in [0.25, 0.3) is 0 Å². The van der Waals surface area contributed by atoms with Crippen molar-refractivity contribution in [1.29, 1.82) is 0 Å². The maximum Gasteiger partial charge on any atom is 0.407 e. The molecule has 702 valence electrons. The molecular formula is C81H136N10O32. The van der Waals surface area contributed by atoms with Gasteiger partial charge < -0.3 is 129 Å². The summed E-state index contributed by atoms with van der Waals surface area (Å²) in [7, 11) is 0. The Balaban J connectivity index is 1.39. The maximum atomic E-state index is 12.7. The fraction of sp³-hybridized carbons (Fsp3) is 0.802. The molecule has 3 aliphatic rings. The molecule has 123 heavy (non-hydrogen) atoms. The normalized spacial score (nSPS) is 21.4. The second-order valence-electron chi connectivity index (χ2n) is 30.4. The fourth-order valence-corrected chi connectivity index (χ4v) is 13.6. The number of unbranched alkanes of at least 4 members (excludes halogenated alkanes) is 9. The molecule has 0 bridgehead atoms. The van der Waals surface area contributed by atoms with Crippen LogP contribution in [0.1, 0.15) is 236 Å². The second-order valence-corrected chi connectivity index (χ2v) is 30.4. The zero-order chi connectivity index (χ0) is 90.9. The largest absolute Gasteiger partial charge is 0.463 e. The van der Waals surface area contributed by atoms with E-state index in [4.69, 9.17) is 81.5 Å². The molecule has 9 amide bonds. The van der Waals surface area contributed by atoms with E-state index >= 15 is 0 Å². The summed E-state index contributed by atoms with van der Waals surface area (Å²) >= 11 is 0. The van der Waals surface area contributed by atoms with E-state index < -0.39 is 170 Å². The van der Waals surface area contributed by atoms with Crippen molar-refractivity contribution in [1.82, 2.24) is 47.9 Å². The Morgan fingerprint density at radius 1 is 0.309 bits per heavy atom. The highest BCUT2D eigenvalue weighted by Crippen LogP contribution is 2.31. The van der Waals surface area contributed by atoms with Crippen LogP contribution >= 0.6 is 0 Å². The van der Waals surface area contributed by atoms with Gasteiger partial charge in [0.25, 0.3) is 0 Å². The van der Waals surface area contributed by atoms with Crippen LogP contribution in [0.5, 0.6) is 0 Å². The Morgan fingerprint density at radius 3 is 0.911 bits per heavy atom. The van der Waals surface area contributed by atoms with Crippen LogP contribution in [0.2, 0.25) is 0 Å². The highest BCUT2D eigenvalue weighted by Gasteiger charge is 2.52. The lowest BCUT2D eigenvalue weighted by Crippen LogP contribution is -2.66. The lowest BCUT2D eigenvalue weighted by Gasteiger charge is -2.44. The zero-order valence-electron chi connectivity index (χ0n) is 73.1.